The highest BCUT2D eigenvalue weighted by molar-refractivity contribution is 6.30. The van der Waals surface area contributed by atoms with Gasteiger partial charge in [-0.1, -0.05) is 23.7 Å². The van der Waals surface area contributed by atoms with E-state index in [4.69, 9.17) is 20.9 Å². The van der Waals surface area contributed by atoms with E-state index < -0.39 is 18.0 Å². The van der Waals surface area contributed by atoms with Crippen molar-refractivity contribution < 1.29 is 18.8 Å². The smallest absolute Gasteiger partial charge is 0.344 e. The summed E-state index contributed by atoms with van der Waals surface area (Å²) in [5.41, 5.74) is 0.760. The first kappa shape index (κ1) is 17.0. The number of carbonyl (C=O) groups is 2. The van der Waals surface area contributed by atoms with E-state index in [1.165, 1.54) is 13.1 Å². The Morgan fingerprint density at radius 1 is 1.43 bits per heavy atom. The number of ether oxygens (including phenoxy) is 1. The predicted molar refractivity (Wildman–Crippen MR) is 83.4 cm³/mol. The number of amides is 1. The van der Waals surface area contributed by atoms with Gasteiger partial charge in [-0.3, -0.25) is 4.79 Å². The van der Waals surface area contributed by atoms with E-state index in [0.29, 0.717) is 28.7 Å². The van der Waals surface area contributed by atoms with Crippen molar-refractivity contribution in [2.45, 2.75) is 33.3 Å². The van der Waals surface area contributed by atoms with Crippen LogP contribution in [0.2, 0.25) is 5.02 Å². The minimum absolute atomic E-state index is 0.261. The molecule has 1 N–H and O–H groups in total. The lowest BCUT2D eigenvalue weighted by Gasteiger charge is -2.13. The Hall–Kier alpha value is -2.41. The molecule has 2 rings (SSSR count). The van der Waals surface area contributed by atoms with Gasteiger partial charge in [0.15, 0.2) is 6.10 Å². The molecule has 7 nitrogen and oxygen atoms in total. The number of rotatable bonds is 5. The molecule has 0 aliphatic heterocycles. The number of pyridine rings is 1. The molecule has 1 atom stereocenters. The molecule has 0 radical (unpaired) electrons. The molecule has 0 aliphatic rings. The number of nitrogens with one attached hydrogen (secondary N) is 1. The summed E-state index contributed by atoms with van der Waals surface area (Å²) in [7, 11) is 0. The van der Waals surface area contributed by atoms with Crippen LogP contribution in [0.1, 0.15) is 35.7 Å². The van der Waals surface area contributed by atoms with Crippen molar-refractivity contribution in [1.82, 2.24) is 10.1 Å². The lowest BCUT2D eigenvalue weighted by molar-refractivity contribution is -0.123. The standard InChI is InChI=1S/C15H16ClN3O4/c1-4-11-13(8(2)23-19-11)15(21)22-9(3)14(20)18-12-6-5-10(16)7-17-12/h5-7,9H,4H2,1-3H3,(H,17,18,20)/t9-/m1/s1. The highest BCUT2D eigenvalue weighted by Crippen LogP contribution is 2.16. The van der Waals surface area contributed by atoms with Crippen LogP contribution in [0, 0.1) is 6.92 Å². The summed E-state index contributed by atoms with van der Waals surface area (Å²) < 4.78 is 10.2. The highest BCUT2D eigenvalue weighted by atomic mass is 35.5. The molecular weight excluding hydrogens is 322 g/mol. The maximum absolute atomic E-state index is 12.2. The summed E-state index contributed by atoms with van der Waals surface area (Å²) in [6.07, 6.45) is 0.929. The van der Waals surface area contributed by atoms with E-state index >= 15 is 0 Å². The van der Waals surface area contributed by atoms with Crippen molar-refractivity contribution >= 4 is 29.3 Å². The largest absolute Gasteiger partial charge is 0.449 e. The third kappa shape index (κ3) is 4.07. The molecule has 23 heavy (non-hydrogen) atoms. The lowest BCUT2D eigenvalue weighted by Crippen LogP contribution is -2.30. The zero-order valence-electron chi connectivity index (χ0n) is 12.9. The molecule has 0 aliphatic carbocycles. The SMILES string of the molecule is CCc1noc(C)c1C(=O)O[C@H](C)C(=O)Nc1ccc(Cl)cn1. The monoisotopic (exact) mass is 337 g/mol. The van der Waals surface area contributed by atoms with Gasteiger partial charge in [0.1, 0.15) is 17.1 Å². The summed E-state index contributed by atoms with van der Waals surface area (Å²) in [5.74, 6) is -0.468. The molecule has 2 heterocycles. The van der Waals surface area contributed by atoms with Crippen LogP contribution < -0.4 is 5.32 Å². The van der Waals surface area contributed by atoms with Gasteiger partial charge in [0.2, 0.25) is 0 Å². The number of hydrogen-bond acceptors (Lipinski definition) is 6. The number of esters is 1. The maximum Gasteiger partial charge on any atom is 0.344 e. The average molecular weight is 338 g/mol. The summed E-state index contributed by atoms with van der Waals surface area (Å²) >= 11 is 5.72. The number of carbonyl (C=O) groups excluding carboxylic acids is 2. The fourth-order valence-corrected chi connectivity index (χ4v) is 1.98. The van der Waals surface area contributed by atoms with Gasteiger partial charge in [-0.25, -0.2) is 9.78 Å². The molecule has 122 valence electrons. The molecule has 2 aromatic rings. The predicted octanol–water partition coefficient (Wildman–Crippen LogP) is 2.78. The van der Waals surface area contributed by atoms with Crippen molar-refractivity contribution in [3.8, 4) is 0 Å². The molecule has 0 saturated carbocycles. The van der Waals surface area contributed by atoms with Gasteiger partial charge in [-0.05, 0) is 32.4 Å². The van der Waals surface area contributed by atoms with Crippen LogP contribution in [0.25, 0.3) is 0 Å². The number of halogens is 1. The Morgan fingerprint density at radius 3 is 2.78 bits per heavy atom. The molecule has 0 spiro atoms. The second-order valence-corrected chi connectivity index (χ2v) is 5.25. The molecule has 2 aromatic heterocycles. The first-order valence-corrected chi connectivity index (χ1v) is 7.38. The third-order valence-electron chi connectivity index (χ3n) is 3.10. The minimum atomic E-state index is -1.00. The molecular formula is C15H16ClN3O4. The number of hydrogen-bond donors (Lipinski definition) is 1. The van der Waals surface area contributed by atoms with Gasteiger partial charge >= 0.3 is 5.97 Å². The van der Waals surface area contributed by atoms with E-state index in [0.717, 1.165) is 0 Å². The van der Waals surface area contributed by atoms with Crippen LogP contribution in [0.5, 0.6) is 0 Å². The van der Waals surface area contributed by atoms with Gasteiger partial charge in [0.05, 0.1) is 10.7 Å². The van der Waals surface area contributed by atoms with Crippen LogP contribution in [-0.4, -0.2) is 28.1 Å². The molecule has 0 fully saturated rings. The van der Waals surface area contributed by atoms with Crippen molar-refractivity contribution in [3.63, 3.8) is 0 Å². The number of anilines is 1. The van der Waals surface area contributed by atoms with Crippen molar-refractivity contribution in [1.29, 1.82) is 0 Å². The van der Waals surface area contributed by atoms with Gasteiger partial charge in [0, 0.05) is 6.20 Å². The van der Waals surface area contributed by atoms with Gasteiger partial charge in [0.25, 0.3) is 5.91 Å². The molecule has 0 bridgehead atoms. The zero-order chi connectivity index (χ0) is 17.0. The van der Waals surface area contributed by atoms with E-state index in [1.807, 2.05) is 6.92 Å². The van der Waals surface area contributed by atoms with Crippen LogP contribution in [0.4, 0.5) is 5.82 Å². The topological polar surface area (TPSA) is 94.3 Å². The van der Waals surface area contributed by atoms with E-state index in [1.54, 1.807) is 19.1 Å². The highest BCUT2D eigenvalue weighted by Gasteiger charge is 2.25. The van der Waals surface area contributed by atoms with E-state index in [-0.39, 0.29) is 5.56 Å². The summed E-state index contributed by atoms with van der Waals surface area (Å²) in [6.45, 7) is 4.93. The molecule has 1 amide bonds. The van der Waals surface area contributed by atoms with E-state index in [2.05, 4.69) is 15.5 Å². The molecule has 8 heteroatoms. The van der Waals surface area contributed by atoms with Crippen molar-refractivity contribution in [2.75, 3.05) is 5.32 Å². The normalized spacial score (nSPS) is 11.8. The first-order chi connectivity index (χ1) is 10.9. The summed E-state index contributed by atoms with van der Waals surface area (Å²) in [6, 6.07) is 3.14. The zero-order valence-corrected chi connectivity index (χ0v) is 13.7. The minimum Gasteiger partial charge on any atom is -0.449 e. The fraction of sp³-hybridized carbons (Fsp3) is 0.333. The van der Waals surface area contributed by atoms with Crippen LogP contribution in [0.3, 0.4) is 0 Å². The Balaban J connectivity index is 2.01. The molecule has 0 saturated heterocycles. The van der Waals surface area contributed by atoms with Gasteiger partial charge in [-0.15, -0.1) is 0 Å². The molecule has 0 unspecified atom stereocenters. The second kappa shape index (κ2) is 7.23. The van der Waals surface area contributed by atoms with Crippen LogP contribution >= 0.6 is 11.6 Å². The number of nitrogens with zero attached hydrogens (tertiary/aromatic N) is 2. The van der Waals surface area contributed by atoms with Crippen molar-refractivity contribution in [3.05, 3.63) is 40.4 Å². The number of aryl methyl sites for hydroxylation is 2. The Labute approximate surface area is 138 Å². The summed E-state index contributed by atoms with van der Waals surface area (Å²) in [4.78, 5) is 28.2. The Morgan fingerprint density at radius 2 is 2.17 bits per heavy atom. The summed E-state index contributed by atoms with van der Waals surface area (Å²) in [5, 5.41) is 6.78. The number of aromatic nitrogens is 2. The second-order valence-electron chi connectivity index (χ2n) is 4.81. The lowest BCUT2D eigenvalue weighted by atomic mass is 10.1. The first-order valence-electron chi connectivity index (χ1n) is 7.01. The maximum atomic E-state index is 12.2. The quantitative estimate of drug-likeness (QED) is 0.843. The molecule has 0 aromatic carbocycles. The van der Waals surface area contributed by atoms with Gasteiger partial charge < -0.3 is 14.6 Å². The average Bonchev–Trinajstić information content (AvgIpc) is 2.90. The van der Waals surface area contributed by atoms with Crippen molar-refractivity contribution in [2.24, 2.45) is 0 Å². The van der Waals surface area contributed by atoms with Crippen LogP contribution in [-0.2, 0) is 16.0 Å². The third-order valence-corrected chi connectivity index (χ3v) is 3.33. The Bertz CT molecular complexity index is 712. The fourth-order valence-electron chi connectivity index (χ4n) is 1.87. The van der Waals surface area contributed by atoms with Gasteiger partial charge in [-0.2, -0.15) is 0 Å². The van der Waals surface area contributed by atoms with E-state index in [9.17, 15) is 9.59 Å². The van der Waals surface area contributed by atoms with Crippen LogP contribution in [0.15, 0.2) is 22.9 Å². The Kier molecular flexibility index (Phi) is 5.33.